The second-order valence-electron chi connectivity index (χ2n) is 8.80. The fourth-order valence-electron chi connectivity index (χ4n) is 3.55. The van der Waals surface area contributed by atoms with Crippen LogP contribution in [0.15, 0.2) is 0 Å². The van der Waals surface area contributed by atoms with Gasteiger partial charge in [-0.15, -0.1) is 0 Å². The van der Waals surface area contributed by atoms with E-state index in [-0.39, 0.29) is 0 Å². The Kier molecular flexibility index (Phi) is 16.9. The van der Waals surface area contributed by atoms with E-state index in [0.717, 1.165) is 13.1 Å². The molecule has 150 valence electrons. The summed E-state index contributed by atoms with van der Waals surface area (Å²) in [5.74, 6) is 1.41. The second kappa shape index (κ2) is 16.6. The van der Waals surface area contributed by atoms with E-state index in [2.05, 4.69) is 53.4 Å². The van der Waals surface area contributed by atoms with Gasteiger partial charge >= 0.3 is 14.5 Å². The molecule has 25 heavy (non-hydrogen) atoms. The van der Waals surface area contributed by atoms with Crippen molar-refractivity contribution in [3.05, 3.63) is 0 Å². The summed E-state index contributed by atoms with van der Waals surface area (Å²) in [6.07, 6.45) is 11.3. The van der Waals surface area contributed by atoms with Crippen LogP contribution in [0.4, 0.5) is 0 Å². The molecule has 0 bridgehead atoms. The average Bonchev–Trinajstić information content (AvgIpc) is 2.53. The fraction of sp³-hybridized carbons (Fsp3) is 1.00. The first kappa shape index (κ1) is 25.5. The van der Waals surface area contributed by atoms with Crippen molar-refractivity contribution >= 4 is 14.5 Å². The van der Waals surface area contributed by atoms with Gasteiger partial charge in [0.05, 0.1) is 6.23 Å². The molecule has 0 aliphatic heterocycles. The van der Waals surface area contributed by atoms with Crippen LogP contribution in [0.3, 0.4) is 0 Å². The molecule has 0 saturated carbocycles. The summed E-state index contributed by atoms with van der Waals surface area (Å²) in [7, 11) is 0. The molecule has 2 nitrogen and oxygen atoms in total. The lowest BCUT2D eigenvalue weighted by Gasteiger charge is -2.34. The molecule has 0 spiro atoms. The number of rotatable bonds is 17. The van der Waals surface area contributed by atoms with Gasteiger partial charge in [0, 0.05) is 13.1 Å². The van der Waals surface area contributed by atoms with Crippen LogP contribution in [0.1, 0.15) is 99.8 Å². The molecular weight excluding hydrogens is 321 g/mol. The van der Waals surface area contributed by atoms with Crippen molar-refractivity contribution in [2.45, 2.75) is 117 Å². The van der Waals surface area contributed by atoms with Crippen molar-refractivity contribution in [1.82, 2.24) is 4.90 Å². The van der Waals surface area contributed by atoms with Gasteiger partial charge < -0.3 is 3.79 Å². The molecule has 0 amide bonds. The first-order valence-electron chi connectivity index (χ1n) is 11.3. The van der Waals surface area contributed by atoms with Crippen molar-refractivity contribution in [2.75, 3.05) is 13.1 Å². The van der Waals surface area contributed by atoms with E-state index in [1.54, 1.807) is 0 Å². The molecule has 0 aromatic heterocycles. The van der Waals surface area contributed by atoms with Crippen molar-refractivity contribution in [3.63, 3.8) is 0 Å². The van der Waals surface area contributed by atoms with Gasteiger partial charge in [0.1, 0.15) is 0 Å². The third-order valence-corrected chi connectivity index (χ3v) is 7.75. The van der Waals surface area contributed by atoms with Gasteiger partial charge in [0.2, 0.25) is 0 Å². The Morgan fingerprint density at radius 1 is 0.680 bits per heavy atom. The summed E-state index contributed by atoms with van der Waals surface area (Å²) in [5, 5.41) is 2.77. The number of unbranched alkanes of at least 4 members (excludes halogenated alkanes) is 6. The maximum absolute atomic E-state index is 6.74. The average molecular weight is 370 g/mol. The highest BCUT2D eigenvalue weighted by Gasteiger charge is 2.25. The van der Waals surface area contributed by atoms with Crippen molar-refractivity contribution in [2.24, 2.45) is 11.8 Å². The highest BCUT2D eigenvalue weighted by atomic mass is 27.2. The van der Waals surface area contributed by atoms with Crippen LogP contribution in [0, 0.1) is 11.8 Å². The summed E-state index contributed by atoms with van der Waals surface area (Å²) in [4.78, 5) is 2.59. The van der Waals surface area contributed by atoms with Crippen molar-refractivity contribution in [1.29, 1.82) is 0 Å². The van der Waals surface area contributed by atoms with E-state index in [1.807, 2.05) is 0 Å². The van der Waals surface area contributed by atoms with Gasteiger partial charge in [-0.05, 0) is 18.8 Å². The zero-order valence-electron chi connectivity index (χ0n) is 18.7. The number of hydrogen-bond acceptors (Lipinski definition) is 2. The Morgan fingerprint density at radius 3 is 1.48 bits per heavy atom. The molecule has 0 rings (SSSR count). The van der Waals surface area contributed by atoms with Crippen LogP contribution in [0.5, 0.6) is 0 Å². The Bertz CT molecular complexity index is 261. The molecule has 1 atom stereocenters. The molecule has 0 aliphatic rings. The summed E-state index contributed by atoms with van der Waals surface area (Å²) in [6, 6.07) is 0. The van der Waals surface area contributed by atoms with E-state index in [1.165, 1.54) is 61.9 Å². The zero-order valence-corrected chi connectivity index (χ0v) is 19.8. The van der Waals surface area contributed by atoms with Gasteiger partial charge in [-0.2, -0.15) is 0 Å². The predicted molar refractivity (Wildman–Crippen MR) is 115 cm³/mol. The van der Waals surface area contributed by atoms with E-state index < -0.39 is 14.5 Å². The molecule has 0 saturated heterocycles. The van der Waals surface area contributed by atoms with Gasteiger partial charge in [-0.3, -0.25) is 4.90 Å². The van der Waals surface area contributed by atoms with Crippen LogP contribution in [0.2, 0.25) is 10.6 Å². The molecule has 1 unspecified atom stereocenters. The summed E-state index contributed by atoms with van der Waals surface area (Å²) in [6.45, 7) is 18.5. The molecule has 0 heterocycles. The Hall–Kier alpha value is 0.452. The fourth-order valence-corrected chi connectivity index (χ4v) is 6.33. The predicted octanol–water partition coefficient (Wildman–Crippen LogP) is 7.12. The molecule has 0 aliphatic carbocycles. The molecule has 0 aromatic carbocycles. The SMILES string of the molecule is CCCCC[CH2][Al]([CH2]CCCCC)[O]C(C)N(CC(C)C)CC(C)C. The minimum absolute atomic E-state index is 0.304. The Balaban J connectivity index is 4.55. The lowest BCUT2D eigenvalue weighted by atomic mass is 10.1. The lowest BCUT2D eigenvalue weighted by molar-refractivity contribution is 0.0199. The first-order chi connectivity index (χ1) is 11.9. The first-order valence-corrected chi connectivity index (χ1v) is 13.4. The van der Waals surface area contributed by atoms with Crippen molar-refractivity contribution < 1.29 is 3.79 Å². The highest BCUT2D eigenvalue weighted by molar-refractivity contribution is 6.51. The van der Waals surface area contributed by atoms with Crippen LogP contribution in [-0.4, -0.2) is 38.7 Å². The monoisotopic (exact) mass is 369 g/mol. The van der Waals surface area contributed by atoms with Gasteiger partial charge in [-0.1, -0.05) is 103 Å². The van der Waals surface area contributed by atoms with Crippen LogP contribution >= 0.6 is 0 Å². The van der Waals surface area contributed by atoms with E-state index >= 15 is 0 Å². The van der Waals surface area contributed by atoms with Crippen molar-refractivity contribution in [3.8, 4) is 0 Å². The summed E-state index contributed by atoms with van der Waals surface area (Å²) >= 11 is -1.07. The summed E-state index contributed by atoms with van der Waals surface area (Å²) < 4.78 is 6.74. The molecule has 3 heteroatoms. The quantitative estimate of drug-likeness (QED) is 0.154. The molecular formula is C22H48AlNO. The van der Waals surface area contributed by atoms with E-state index in [9.17, 15) is 0 Å². The third kappa shape index (κ3) is 15.2. The third-order valence-electron chi connectivity index (χ3n) is 4.86. The minimum Gasteiger partial charge on any atom is -0.487 e. The van der Waals surface area contributed by atoms with Gasteiger partial charge in [0.15, 0.2) is 0 Å². The summed E-state index contributed by atoms with van der Waals surface area (Å²) in [5.41, 5.74) is 0. The Labute approximate surface area is 164 Å². The van der Waals surface area contributed by atoms with Gasteiger partial charge in [-0.25, -0.2) is 0 Å². The Morgan fingerprint density at radius 2 is 1.12 bits per heavy atom. The van der Waals surface area contributed by atoms with E-state index in [4.69, 9.17) is 3.79 Å². The molecule has 0 radical (unpaired) electrons. The standard InChI is InChI=1S/C10H22NO.2C6H13.Al/c1-8(2)6-11(10(5)12)7-9(3)4;2*1-3-5-6-4-2;/h8-10H,6-7H2,1-5H3;2*1,3-6H2,2H3;/q-1;;;+1. The highest BCUT2D eigenvalue weighted by Crippen LogP contribution is 2.18. The van der Waals surface area contributed by atoms with Gasteiger partial charge in [0.25, 0.3) is 0 Å². The van der Waals surface area contributed by atoms with Crippen LogP contribution in [-0.2, 0) is 3.79 Å². The maximum Gasteiger partial charge on any atom is 0.461 e. The maximum atomic E-state index is 6.74. The normalized spacial score (nSPS) is 13.2. The molecule has 0 fully saturated rings. The minimum atomic E-state index is -1.07. The number of nitrogens with zero attached hydrogens (tertiary/aromatic N) is 1. The van der Waals surface area contributed by atoms with Crippen LogP contribution in [0.25, 0.3) is 0 Å². The largest absolute Gasteiger partial charge is 0.487 e. The topological polar surface area (TPSA) is 12.5 Å². The number of hydrogen-bond donors (Lipinski definition) is 0. The molecule has 0 aromatic rings. The zero-order chi connectivity index (χ0) is 19.1. The smallest absolute Gasteiger partial charge is 0.461 e. The van der Waals surface area contributed by atoms with E-state index in [0.29, 0.717) is 18.1 Å². The lowest BCUT2D eigenvalue weighted by Crippen LogP contribution is -2.42. The second-order valence-corrected chi connectivity index (χ2v) is 11.5. The molecule has 0 N–H and O–H groups in total. The van der Waals surface area contributed by atoms with Crippen LogP contribution < -0.4 is 0 Å².